The summed E-state index contributed by atoms with van der Waals surface area (Å²) >= 11 is 3.65. The predicted molar refractivity (Wildman–Crippen MR) is 300 cm³/mol. The van der Waals surface area contributed by atoms with E-state index in [0.29, 0.717) is 50.4 Å². The molecule has 0 radical (unpaired) electrons. The Labute approximate surface area is 451 Å². The number of benzene rings is 4. The number of halogens is 1. The van der Waals surface area contributed by atoms with Crippen LogP contribution in [0.3, 0.4) is 0 Å². The maximum absolute atomic E-state index is 13.7. The molecule has 4 fully saturated rings. The molecular formula is C57H63BrN11O6P. The largest absolute Gasteiger partial charge is 0.494 e. The Kier molecular flexibility index (Phi) is 14.1. The van der Waals surface area contributed by atoms with Crippen molar-refractivity contribution in [3.63, 3.8) is 0 Å². The number of carbonyl (C=O) groups excluding carboxylic acids is 4. The number of aromatic nitrogens is 4. The molecule has 19 heteroatoms. The summed E-state index contributed by atoms with van der Waals surface area (Å²) in [5.41, 5.74) is 8.28. The zero-order chi connectivity index (χ0) is 52.9. The van der Waals surface area contributed by atoms with Gasteiger partial charge in [0.1, 0.15) is 24.8 Å². The molecular weight excluding hydrogens is 1050 g/mol. The van der Waals surface area contributed by atoms with Crippen LogP contribution in [-0.2, 0) is 21.2 Å². The number of nitrogens with zero attached hydrogens (tertiary/aromatic N) is 8. The van der Waals surface area contributed by atoms with Gasteiger partial charge in [-0.2, -0.15) is 10.1 Å². The van der Waals surface area contributed by atoms with E-state index < -0.39 is 30.9 Å². The molecule has 0 bridgehead atoms. The smallest absolute Gasteiger partial charge is 0.262 e. The molecule has 5 aliphatic rings. The van der Waals surface area contributed by atoms with E-state index in [-0.39, 0.29) is 24.2 Å². The fourth-order valence-corrected chi connectivity index (χ4v) is 13.4. The fourth-order valence-electron chi connectivity index (χ4n) is 12.0. The number of aryl methyl sites for hydroxylation is 1. The van der Waals surface area contributed by atoms with E-state index in [9.17, 15) is 23.7 Å². The number of fused-ring (bicyclic) bond motifs is 1. The van der Waals surface area contributed by atoms with Crippen LogP contribution in [0.15, 0.2) is 102 Å². The summed E-state index contributed by atoms with van der Waals surface area (Å²) in [4.78, 5) is 69.5. The third-order valence-electron chi connectivity index (χ3n) is 16.1. The monoisotopic (exact) mass is 1110 g/mol. The lowest BCUT2D eigenvalue weighted by atomic mass is 9.72. The molecule has 0 saturated carbocycles. The van der Waals surface area contributed by atoms with Crippen LogP contribution in [0.2, 0.25) is 0 Å². The third-order valence-corrected chi connectivity index (χ3v) is 18.2. The van der Waals surface area contributed by atoms with Crippen molar-refractivity contribution in [2.75, 3.05) is 86.7 Å². The van der Waals surface area contributed by atoms with Crippen molar-refractivity contribution in [3.05, 3.63) is 113 Å². The van der Waals surface area contributed by atoms with E-state index >= 15 is 0 Å². The molecule has 17 nitrogen and oxygen atoms in total. The molecule has 2 aromatic heterocycles. The third kappa shape index (κ3) is 10.4. The number of piperidine rings is 4. The van der Waals surface area contributed by atoms with Crippen molar-refractivity contribution in [3.8, 4) is 28.0 Å². The first-order chi connectivity index (χ1) is 36.6. The molecule has 4 amide bonds. The molecule has 1 unspecified atom stereocenters. The van der Waals surface area contributed by atoms with Crippen LogP contribution >= 0.6 is 23.1 Å². The number of methoxy groups -OCH3 is 1. The lowest BCUT2D eigenvalue weighted by Crippen LogP contribution is -2.54. The normalized spacial score (nSPS) is 19.3. The number of likely N-dealkylation sites (tertiary alicyclic amines) is 1. The Bertz CT molecular complexity index is 3290. The van der Waals surface area contributed by atoms with Gasteiger partial charge in [0.15, 0.2) is 0 Å². The van der Waals surface area contributed by atoms with Gasteiger partial charge in [0.05, 0.1) is 40.3 Å². The Hall–Kier alpha value is -6.88. The number of anilines is 6. The zero-order valence-corrected chi connectivity index (χ0v) is 45.8. The molecule has 3 N–H and O–H groups in total. The molecule has 4 aromatic carbocycles. The van der Waals surface area contributed by atoms with Crippen LogP contribution in [0.1, 0.15) is 72.1 Å². The van der Waals surface area contributed by atoms with Crippen LogP contribution < -0.4 is 35.8 Å². The number of amides is 4. The van der Waals surface area contributed by atoms with Gasteiger partial charge in [0.25, 0.3) is 11.8 Å². The van der Waals surface area contributed by atoms with Crippen molar-refractivity contribution in [2.45, 2.75) is 57.4 Å². The second-order valence-electron chi connectivity index (χ2n) is 21.5. The number of carbonyl (C=O) groups is 4. The minimum absolute atomic E-state index is 0.0915. The number of ether oxygens (including phenoxy) is 1. The topological polar surface area (TPSA) is 187 Å². The molecule has 394 valence electrons. The standard InChI is InChI=1S/C57H63BrN11O6P/c1-65-34-39(31-60-65)42-29-46(62-56-59-32-44(58)52(64-56)61-45-14-11-38(27-50(45)76(3,4)74)37-9-6-5-7-10-37)49(75-2)30-48(42)67-23-17-36(18-24-67)33-66-25-20-57(21-26-66)19-8-22-68(35-57)40-12-13-41-43(28-40)55(73)69(54(41)72)47-15-16-51(70)63-53(47)71/h5-7,9-14,27-32,34,36,47H,8,15-26,33,35H2,1-4H3,(H,63,70,71)(H2,59,61,62,64). The molecule has 11 rings (SSSR count). The van der Waals surface area contributed by atoms with Crippen LogP contribution in [0, 0.1) is 11.3 Å². The van der Waals surface area contributed by atoms with Gasteiger partial charge < -0.3 is 34.6 Å². The maximum atomic E-state index is 13.7. The van der Waals surface area contributed by atoms with E-state index in [4.69, 9.17) is 9.72 Å². The number of nitrogens with one attached hydrogen (secondary N) is 3. The van der Waals surface area contributed by atoms with Crippen molar-refractivity contribution in [2.24, 2.45) is 18.4 Å². The minimum atomic E-state index is -2.71. The lowest BCUT2D eigenvalue weighted by molar-refractivity contribution is -0.136. The van der Waals surface area contributed by atoms with Crippen molar-refractivity contribution in [1.82, 2.24) is 34.9 Å². The number of hydrogen-bond donors (Lipinski definition) is 3. The highest BCUT2D eigenvalue weighted by molar-refractivity contribution is 9.10. The number of imide groups is 2. The van der Waals surface area contributed by atoms with Crippen LogP contribution in [0.25, 0.3) is 22.3 Å². The Morgan fingerprint density at radius 3 is 2.29 bits per heavy atom. The molecule has 76 heavy (non-hydrogen) atoms. The number of rotatable bonds is 13. The Balaban J connectivity index is 0.734. The van der Waals surface area contributed by atoms with Gasteiger partial charge in [-0.3, -0.25) is 34.1 Å². The maximum Gasteiger partial charge on any atom is 0.262 e. The molecule has 6 aromatic rings. The second kappa shape index (κ2) is 20.9. The second-order valence-corrected chi connectivity index (χ2v) is 25.5. The summed E-state index contributed by atoms with van der Waals surface area (Å²) in [6.45, 7) is 10.3. The van der Waals surface area contributed by atoms with Gasteiger partial charge in [0.2, 0.25) is 17.8 Å². The molecule has 1 spiro atoms. The van der Waals surface area contributed by atoms with Gasteiger partial charge in [0, 0.05) is 92.5 Å². The predicted octanol–water partition coefficient (Wildman–Crippen LogP) is 9.05. The molecule has 5 aliphatic heterocycles. The first-order valence-electron chi connectivity index (χ1n) is 26.2. The zero-order valence-electron chi connectivity index (χ0n) is 43.4. The molecule has 7 heterocycles. The average molecular weight is 1110 g/mol. The van der Waals surface area contributed by atoms with Crippen LogP contribution in [0.5, 0.6) is 5.75 Å². The summed E-state index contributed by atoms with van der Waals surface area (Å²) in [6.07, 6.45) is 12.4. The number of hydrogen-bond acceptors (Lipinski definition) is 14. The van der Waals surface area contributed by atoms with E-state index in [2.05, 4.69) is 68.8 Å². The lowest BCUT2D eigenvalue weighted by Gasteiger charge is -2.49. The highest BCUT2D eigenvalue weighted by Gasteiger charge is 2.45. The van der Waals surface area contributed by atoms with Gasteiger partial charge in [-0.15, -0.1) is 0 Å². The van der Waals surface area contributed by atoms with Crippen LogP contribution in [-0.4, -0.2) is 125 Å². The summed E-state index contributed by atoms with van der Waals surface area (Å²) in [5.74, 6) is 0.166. The average Bonchev–Trinajstić information content (AvgIpc) is 4.02. The quantitative estimate of drug-likeness (QED) is 0.0734. The minimum Gasteiger partial charge on any atom is -0.494 e. The SMILES string of the molecule is COc1cc(N2CCC(CN3CCC4(CCCN(c5ccc6c(c5)C(=O)N(C5CCC(=O)NC5=O)C6=O)C4)CC3)CC2)c(-c2cnn(C)c2)cc1Nc1ncc(Br)c(Nc2ccc(-c3ccccc3)cc2P(C)(C)=O)n1. The van der Waals surface area contributed by atoms with Crippen molar-refractivity contribution >= 4 is 86.5 Å². The van der Waals surface area contributed by atoms with Gasteiger partial charge in [-0.25, -0.2) is 4.98 Å². The van der Waals surface area contributed by atoms with Gasteiger partial charge in [-0.1, -0.05) is 36.4 Å². The first-order valence-corrected chi connectivity index (χ1v) is 29.6. The van der Waals surface area contributed by atoms with E-state index in [1.54, 1.807) is 32.7 Å². The van der Waals surface area contributed by atoms with E-state index in [1.165, 1.54) is 6.42 Å². The Morgan fingerprint density at radius 1 is 0.789 bits per heavy atom. The molecule has 0 aliphatic carbocycles. The summed E-state index contributed by atoms with van der Waals surface area (Å²) in [7, 11) is 0.887. The van der Waals surface area contributed by atoms with E-state index in [0.717, 1.165) is 122 Å². The highest BCUT2D eigenvalue weighted by atomic mass is 79.9. The van der Waals surface area contributed by atoms with Gasteiger partial charge in [-0.05, 0) is 146 Å². The summed E-state index contributed by atoms with van der Waals surface area (Å²) in [6, 6.07) is 24.8. The first kappa shape index (κ1) is 51.2. The Morgan fingerprint density at radius 2 is 1.57 bits per heavy atom. The van der Waals surface area contributed by atoms with Crippen LogP contribution in [0.4, 0.5) is 34.5 Å². The highest BCUT2D eigenvalue weighted by Crippen LogP contribution is 2.45. The summed E-state index contributed by atoms with van der Waals surface area (Å²) in [5, 5.41) is 14.4. The van der Waals surface area contributed by atoms with E-state index in [1.807, 2.05) is 84.8 Å². The fraction of sp³-hybridized carbons (Fsp3) is 0.386. The van der Waals surface area contributed by atoms with Crippen molar-refractivity contribution in [1.29, 1.82) is 0 Å². The van der Waals surface area contributed by atoms with Gasteiger partial charge >= 0.3 is 0 Å². The molecule has 1 atom stereocenters. The summed E-state index contributed by atoms with van der Waals surface area (Å²) < 4.78 is 22.2. The van der Waals surface area contributed by atoms with Crippen molar-refractivity contribution < 1.29 is 28.5 Å². The molecule has 4 saturated heterocycles.